The summed E-state index contributed by atoms with van der Waals surface area (Å²) in [6.45, 7) is 6.77. The number of nitrogens with zero attached hydrogens (tertiary/aromatic N) is 5. The number of pyridine rings is 2. The van der Waals surface area contributed by atoms with E-state index in [1.54, 1.807) is 12.3 Å². The SMILES string of the molecule is C=Cc1ccnc(Nc2cc(C#N)c(N3CCN(C(=O)CCC4CCO4)C(C4CC4)C3)nc2C2CC2)c1. The van der Waals surface area contributed by atoms with Gasteiger partial charge in [-0.15, -0.1) is 0 Å². The third-order valence-corrected chi connectivity index (χ3v) is 8.08. The minimum atomic E-state index is 0.185. The van der Waals surface area contributed by atoms with Crippen molar-refractivity contribution in [2.45, 2.75) is 63.0 Å². The standard InChI is InChI=1S/C29H34N6O2/c1-2-19-9-11-31-26(15-19)32-24-16-22(17-30)29(33-28(24)21-5-6-21)34-12-13-35(25(18-34)20-3-4-20)27(36)8-7-23-10-14-37-23/h2,9,11,15-16,20-21,23,25H,1,3-8,10,12-14,18H2,(H,31,32). The molecule has 192 valence electrons. The number of carbonyl (C=O) groups is 1. The minimum Gasteiger partial charge on any atom is -0.378 e. The third-order valence-electron chi connectivity index (χ3n) is 8.08. The summed E-state index contributed by atoms with van der Waals surface area (Å²) in [5.41, 5.74) is 3.39. The quantitative estimate of drug-likeness (QED) is 0.540. The maximum atomic E-state index is 13.1. The van der Waals surface area contributed by atoms with Crippen LogP contribution in [0, 0.1) is 17.2 Å². The average Bonchev–Trinajstić information content (AvgIpc) is 3.81. The third kappa shape index (κ3) is 5.19. The Balaban J connectivity index is 1.23. The molecule has 0 spiro atoms. The lowest BCUT2D eigenvalue weighted by molar-refractivity contribution is -0.136. The smallest absolute Gasteiger partial charge is 0.223 e. The lowest BCUT2D eigenvalue weighted by atomic mass is 10.0. The highest BCUT2D eigenvalue weighted by atomic mass is 16.5. The van der Waals surface area contributed by atoms with E-state index in [2.05, 4.69) is 32.7 Å². The van der Waals surface area contributed by atoms with Gasteiger partial charge in [-0.1, -0.05) is 12.7 Å². The van der Waals surface area contributed by atoms with Gasteiger partial charge in [-0.2, -0.15) is 5.26 Å². The van der Waals surface area contributed by atoms with Crippen molar-refractivity contribution in [3.05, 3.63) is 47.8 Å². The summed E-state index contributed by atoms with van der Waals surface area (Å²) in [6.07, 6.45) is 10.8. The molecule has 0 bridgehead atoms. The van der Waals surface area contributed by atoms with Crippen LogP contribution in [0.3, 0.4) is 0 Å². The van der Waals surface area contributed by atoms with Crippen molar-refractivity contribution < 1.29 is 9.53 Å². The second-order valence-corrected chi connectivity index (χ2v) is 10.7. The molecule has 4 aliphatic rings. The Bertz CT molecular complexity index is 1230. The number of nitrogens with one attached hydrogen (secondary N) is 1. The van der Waals surface area contributed by atoms with E-state index in [4.69, 9.17) is 9.72 Å². The monoisotopic (exact) mass is 498 g/mol. The number of rotatable bonds is 9. The number of aromatic nitrogens is 2. The normalized spacial score (nSPS) is 23.2. The lowest BCUT2D eigenvalue weighted by Gasteiger charge is -2.43. The Labute approximate surface area is 218 Å². The first-order valence-corrected chi connectivity index (χ1v) is 13.6. The molecule has 2 aromatic heterocycles. The Hall–Kier alpha value is -3.44. The molecule has 8 heteroatoms. The highest BCUT2D eigenvalue weighted by Crippen LogP contribution is 2.45. The van der Waals surface area contributed by atoms with Gasteiger partial charge < -0.3 is 19.9 Å². The summed E-state index contributed by atoms with van der Waals surface area (Å²) >= 11 is 0. The number of nitriles is 1. The van der Waals surface area contributed by atoms with E-state index in [1.807, 2.05) is 18.2 Å². The molecule has 37 heavy (non-hydrogen) atoms. The van der Waals surface area contributed by atoms with Gasteiger partial charge in [-0.3, -0.25) is 4.79 Å². The zero-order valence-electron chi connectivity index (χ0n) is 21.2. The van der Waals surface area contributed by atoms with Crippen LogP contribution in [0.1, 0.15) is 67.7 Å². The van der Waals surface area contributed by atoms with Gasteiger partial charge >= 0.3 is 0 Å². The van der Waals surface area contributed by atoms with Gasteiger partial charge in [-0.25, -0.2) is 9.97 Å². The summed E-state index contributed by atoms with van der Waals surface area (Å²) in [5, 5.41) is 13.5. The first-order valence-electron chi connectivity index (χ1n) is 13.6. The molecule has 2 saturated carbocycles. The van der Waals surface area contributed by atoms with Crippen molar-refractivity contribution in [2.24, 2.45) is 5.92 Å². The van der Waals surface area contributed by atoms with Gasteiger partial charge in [0.15, 0.2) is 0 Å². The van der Waals surface area contributed by atoms with Crippen LogP contribution in [0.25, 0.3) is 6.08 Å². The second-order valence-electron chi connectivity index (χ2n) is 10.7. The first kappa shape index (κ1) is 23.9. The number of amides is 1. The number of anilines is 3. The molecule has 0 aromatic carbocycles. The predicted octanol–water partition coefficient (Wildman–Crippen LogP) is 4.61. The van der Waals surface area contributed by atoms with Gasteiger partial charge in [0.25, 0.3) is 0 Å². The molecule has 0 radical (unpaired) electrons. The average molecular weight is 499 g/mol. The van der Waals surface area contributed by atoms with Crippen molar-refractivity contribution in [3.63, 3.8) is 0 Å². The molecular formula is C29H34N6O2. The zero-order chi connectivity index (χ0) is 25.4. The van der Waals surface area contributed by atoms with Gasteiger partial charge in [-0.05, 0) is 68.2 Å². The van der Waals surface area contributed by atoms with Crippen LogP contribution < -0.4 is 10.2 Å². The van der Waals surface area contributed by atoms with Gasteiger partial charge in [0.1, 0.15) is 17.7 Å². The summed E-state index contributed by atoms with van der Waals surface area (Å²) in [4.78, 5) is 27.0. The molecule has 6 rings (SSSR count). The molecule has 8 nitrogen and oxygen atoms in total. The summed E-state index contributed by atoms with van der Waals surface area (Å²) in [6, 6.07) is 8.36. The van der Waals surface area contributed by atoms with Crippen LogP contribution >= 0.6 is 0 Å². The van der Waals surface area contributed by atoms with E-state index in [-0.39, 0.29) is 18.1 Å². The van der Waals surface area contributed by atoms with Crippen LogP contribution in [-0.4, -0.2) is 59.2 Å². The van der Waals surface area contributed by atoms with Crippen molar-refractivity contribution >= 4 is 29.3 Å². The predicted molar refractivity (Wildman–Crippen MR) is 143 cm³/mol. The largest absolute Gasteiger partial charge is 0.378 e. The van der Waals surface area contributed by atoms with Crippen molar-refractivity contribution in [1.29, 1.82) is 5.26 Å². The highest BCUT2D eigenvalue weighted by molar-refractivity contribution is 5.77. The minimum absolute atomic E-state index is 0.185. The number of hydrogen-bond donors (Lipinski definition) is 1. The maximum Gasteiger partial charge on any atom is 0.223 e. The van der Waals surface area contributed by atoms with E-state index >= 15 is 0 Å². The molecule has 2 aliphatic carbocycles. The van der Waals surface area contributed by atoms with Crippen LogP contribution in [0.5, 0.6) is 0 Å². The molecule has 2 aliphatic heterocycles. The van der Waals surface area contributed by atoms with Crippen molar-refractivity contribution in [1.82, 2.24) is 14.9 Å². The fourth-order valence-electron chi connectivity index (χ4n) is 5.53. The second kappa shape index (κ2) is 10.1. The lowest BCUT2D eigenvalue weighted by Crippen LogP contribution is -2.56. The van der Waals surface area contributed by atoms with Gasteiger partial charge in [0.2, 0.25) is 5.91 Å². The topological polar surface area (TPSA) is 94.4 Å². The summed E-state index contributed by atoms with van der Waals surface area (Å²) in [7, 11) is 0. The van der Waals surface area contributed by atoms with Crippen LogP contribution in [0.15, 0.2) is 31.0 Å². The molecule has 4 fully saturated rings. The van der Waals surface area contributed by atoms with E-state index in [0.717, 1.165) is 61.6 Å². The van der Waals surface area contributed by atoms with E-state index in [1.165, 1.54) is 12.8 Å². The number of ether oxygens (including phenoxy) is 1. The van der Waals surface area contributed by atoms with Gasteiger partial charge in [0.05, 0.1) is 29.1 Å². The molecule has 2 unspecified atom stereocenters. The summed E-state index contributed by atoms with van der Waals surface area (Å²) in [5.74, 6) is 2.65. The number of hydrogen-bond acceptors (Lipinski definition) is 7. The van der Waals surface area contributed by atoms with Crippen LogP contribution in [-0.2, 0) is 9.53 Å². The molecule has 4 heterocycles. The van der Waals surface area contributed by atoms with Crippen molar-refractivity contribution in [3.8, 4) is 6.07 Å². The molecule has 1 N–H and O–H groups in total. The Kier molecular flexibility index (Phi) is 6.56. The zero-order valence-corrected chi connectivity index (χ0v) is 21.2. The van der Waals surface area contributed by atoms with E-state index in [0.29, 0.717) is 42.7 Å². The molecule has 2 atom stereocenters. The molecular weight excluding hydrogens is 464 g/mol. The van der Waals surface area contributed by atoms with Gasteiger partial charge in [0, 0.05) is 44.8 Å². The highest BCUT2D eigenvalue weighted by Gasteiger charge is 2.42. The Morgan fingerprint density at radius 1 is 1.24 bits per heavy atom. The fourth-order valence-corrected chi connectivity index (χ4v) is 5.53. The molecule has 2 saturated heterocycles. The summed E-state index contributed by atoms with van der Waals surface area (Å²) < 4.78 is 5.52. The Morgan fingerprint density at radius 2 is 2.08 bits per heavy atom. The fraction of sp³-hybridized carbons (Fsp3) is 0.517. The first-order chi connectivity index (χ1) is 18.1. The maximum absolute atomic E-state index is 13.1. The Morgan fingerprint density at radius 3 is 2.76 bits per heavy atom. The number of carbonyl (C=O) groups excluding carboxylic acids is 1. The molecule has 2 aromatic rings. The van der Waals surface area contributed by atoms with Crippen molar-refractivity contribution in [2.75, 3.05) is 36.5 Å². The van der Waals surface area contributed by atoms with E-state index < -0.39 is 0 Å². The number of piperazine rings is 1. The molecule has 1 amide bonds. The van der Waals surface area contributed by atoms with E-state index in [9.17, 15) is 10.1 Å². The van der Waals surface area contributed by atoms with Crippen LogP contribution in [0.2, 0.25) is 0 Å². The van der Waals surface area contributed by atoms with Crippen LogP contribution in [0.4, 0.5) is 17.3 Å².